The van der Waals surface area contributed by atoms with E-state index in [2.05, 4.69) is 12.2 Å². The molecule has 0 aromatic rings. The van der Waals surface area contributed by atoms with Gasteiger partial charge in [0.15, 0.2) is 0 Å². The molecule has 0 aliphatic heterocycles. The van der Waals surface area contributed by atoms with Crippen LogP contribution in [0, 0.1) is 0 Å². The Labute approximate surface area is 80.7 Å². The standard InChI is InChI=1S/C11H21NO/c1-2-11(7-4-8-11)12-9-5-3-6-10(9)13/h9-10,12-13H,2-8H2,1H3/t9-,10-/m0/s1. The van der Waals surface area contributed by atoms with Crippen molar-refractivity contribution in [2.75, 3.05) is 0 Å². The zero-order valence-corrected chi connectivity index (χ0v) is 8.55. The van der Waals surface area contributed by atoms with E-state index in [1.54, 1.807) is 0 Å². The van der Waals surface area contributed by atoms with E-state index >= 15 is 0 Å². The highest BCUT2D eigenvalue weighted by atomic mass is 16.3. The van der Waals surface area contributed by atoms with Gasteiger partial charge in [0.25, 0.3) is 0 Å². The molecule has 0 radical (unpaired) electrons. The van der Waals surface area contributed by atoms with Crippen LogP contribution in [-0.2, 0) is 0 Å². The zero-order chi connectivity index (χ0) is 9.31. The summed E-state index contributed by atoms with van der Waals surface area (Å²) in [5, 5.41) is 13.4. The van der Waals surface area contributed by atoms with Crippen LogP contribution < -0.4 is 5.32 Å². The van der Waals surface area contributed by atoms with Crippen molar-refractivity contribution < 1.29 is 5.11 Å². The summed E-state index contributed by atoms with van der Waals surface area (Å²) in [5.74, 6) is 0. The number of aliphatic hydroxyl groups is 1. The first-order valence-electron chi connectivity index (χ1n) is 5.71. The lowest BCUT2D eigenvalue weighted by molar-refractivity contribution is 0.0917. The molecule has 76 valence electrons. The number of nitrogens with one attached hydrogen (secondary N) is 1. The van der Waals surface area contributed by atoms with E-state index in [0.29, 0.717) is 11.6 Å². The van der Waals surface area contributed by atoms with Crippen LogP contribution in [0.4, 0.5) is 0 Å². The van der Waals surface area contributed by atoms with Crippen LogP contribution in [0.15, 0.2) is 0 Å². The highest BCUT2D eigenvalue weighted by Gasteiger charge is 2.39. The molecule has 2 aliphatic carbocycles. The van der Waals surface area contributed by atoms with Crippen molar-refractivity contribution in [2.45, 2.75) is 69.6 Å². The van der Waals surface area contributed by atoms with Crippen LogP contribution in [0.5, 0.6) is 0 Å². The average Bonchev–Trinajstić information content (AvgIpc) is 2.44. The third-order valence-corrected chi connectivity index (χ3v) is 3.96. The average molecular weight is 183 g/mol. The molecule has 0 unspecified atom stereocenters. The van der Waals surface area contributed by atoms with Crippen molar-refractivity contribution in [2.24, 2.45) is 0 Å². The number of rotatable bonds is 3. The Bertz CT molecular complexity index is 171. The minimum atomic E-state index is -0.0796. The van der Waals surface area contributed by atoms with Gasteiger partial charge in [-0.15, -0.1) is 0 Å². The summed E-state index contributed by atoms with van der Waals surface area (Å²) in [6, 6.07) is 0.389. The summed E-state index contributed by atoms with van der Waals surface area (Å²) in [6.45, 7) is 2.26. The maximum absolute atomic E-state index is 9.70. The maximum atomic E-state index is 9.70. The molecule has 0 saturated heterocycles. The van der Waals surface area contributed by atoms with Crippen molar-refractivity contribution in [3.8, 4) is 0 Å². The first kappa shape index (κ1) is 9.47. The van der Waals surface area contributed by atoms with Crippen molar-refractivity contribution in [3.05, 3.63) is 0 Å². The maximum Gasteiger partial charge on any atom is 0.0693 e. The molecule has 2 fully saturated rings. The second-order valence-corrected chi connectivity index (χ2v) is 4.74. The van der Waals surface area contributed by atoms with E-state index < -0.39 is 0 Å². The predicted molar refractivity (Wildman–Crippen MR) is 53.7 cm³/mol. The van der Waals surface area contributed by atoms with Gasteiger partial charge in [-0.25, -0.2) is 0 Å². The lowest BCUT2D eigenvalue weighted by Crippen LogP contribution is -2.56. The molecule has 2 aliphatic rings. The Balaban J connectivity index is 1.88. The molecule has 13 heavy (non-hydrogen) atoms. The molecule has 0 bridgehead atoms. The minimum absolute atomic E-state index is 0.0796. The molecule has 2 rings (SSSR count). The lowest BCUT2D eigenvalue weighted by atomic mass is 9.74. The molecule has 0 aromatic carbocycles. The minimum Gasteiger partial charge on any atom is -0.392 e. The van der Waals surface area contributed by atoms with Crippen molar-refractivity contribution in [3.63, 3.8) is 0 Å². The van der Waals surface area contributed by atoms with Gasteiger partial charge in [-0.1, -0.05) is 6.92 Å². The summed E-state index contributed by atoms with van der Waals surface area (Å²) in [6.07, 6.45) is 8.49. The highest BCUT2D eigenvalue weighted by Crippen LogP contribution is 2.36. The Hall–Kier alpha value is -0.0800. The van der Waals surface area contributed by atoms with Gasteiger partial charge in [-0.3, -0.25) is 0 Å². The SMILES string of the molecule is CCC1(N[C@H]2CCC[C@@H]2O)CCC1. The Morgan fingerprint density at radius 2 is 2.08 bits per heavy atom. The van der Waals surface area contributed by atoms with Crippen LogP contribution in [0.3, 0.4) is 0 Å². The van der Waals surface area contributed by atoms with E-state index in [9.17, 15) is 5.11 Å². The topological polar surface area (TPSA) is 32.3 Å². The monoisotopic (exact) mass is 183 g/mol. The smallest absolute Gasteiger partial charge is 0.0693 e. The van der Waals surface area contributed by atoms with Crippen LogP contribution >= 0.6 is 0 Å². The molecular weight excluding hydrogens is 162 g/mol. The first-order chi connectivity index (χ1) is 6.26. The van der Waals surface area contributed by atoms with Crippen LogP contribution in [0.2, 0.25) is 0 Å². The van der Waals surface area contributed by atoms with Crippen molar-refractivity contribution in [1.29, 1.82) is 0 Å². The fraction of sp³-hybridized carbons (Fsp3) is 1.00. The van der Waals surface area contributed by atoms with Crippen LogP contribution in [-0.4, -0.2) is 22.8 Å². The first-order valence-corrected chi connectivity index (χ1v) is 5.71. The normalized spacial score (nSPS) is 37.4. The Morgan fingerprint density at radius 3 is 2.46 bits per heavy atom. The molecule has 0 aromatic heterocycles. The molecule has 2 atom stereocenters. The molecule has 2 N–H and O–H groups in total. The van der Waals surface area contributed by atoms with E-state index in [0.717, 1.165) is 6.42 Å². The lowest BCUT2D eigenvalue weighted by Gasteiger charge is -2.45. The van der Waals surface area contributed by atoms with E-state index in [4.69, 9.17) is 0 Å². The van der Waals surface area contributed by atoms with Gasteiger partial charge in [0.05, 0.1) is 6.10 Å². The van der Waals surface area contributed by atoms with Crippen molar-refractivity contribution >= 4 is 0 Å². The van der Waals surface area contributed by atoms with Gasteiger partial charge in [0.1, 0.15) is 0 Å². The number of hydrogen-bond acceptors (Lipinski definition) is 2. The predicted octanol–water partition coefficient (Wildman–Crippen LogP) is 1.82. The third kappa shape index (κ3) is 1.75. The quantitative estimate of drug-likeness (QED) is 0.699. The fourth-order valence-corrected chi connectivity index (χ4v) is 2.71. The van der Waals surface area contributed by atoms with E-state index in [1.165, 1.54) is 38.5 Å². The Kier molecular flexibility index (Phi) is 2.61. The number of hydrogen-bond donors (Lipinski definition) is 2. The summed E-state index contributed by atoms with van der Waals surface area (Å²) in [4.78, 5) is 0. The van der Waals surface area contributed by atoms with E-state index in [-0.39, 0.29) is 6.10 Å². The highest BCUT2D eigenvalue weighted by molar-refractivity contribution is 4.99. The molecular formula is C11H21NO. The largest absolute Gasteiger partial charge is 0.392 e. The summed E-state index contributed by atoms with van der Waals surface area (Å²) < 4.78 is 0. The molecule has 0 amide bonds. The molecule has 0 spiro atoms. The summed E-state index contributed by atoms with van der Waals surface area (Å²) in [7, 11) is 0. The Morgan fingerprint density at radius 1 is 1.31 bits per heavy atom. The van der Waals surface area contributed by atoms with Crippen LogP contribution in [0.1, 0.15) is 51.9 Å². The third-order valence-electron chi connectivity index (χ3n) is 3.96. The molecule has 2 heteroatoms. The van der Waals surface area contributed by atoms with Gasteiger partial charge in [-0.2, -0.15) is 0 Å². The van der Waals surface area contributed by atoms with Crippen molar-refractivity contribution in [1.82, 2.24) is 5.32 Å². The second-order valence-electron chi connectivity index (χ2n) is 4.74. The zero-order valence-electron chi connectivity index (χ0n) is 8.55. The van der Waals surface area contributed by atoms with Gasteiger partial charge in [-0.05, 0) is 44.9 Å². The fourth-order valence-electron chi connectivity index (χ4n) is 2.71. The molecule has 2 nitrogen and oxygen atoms in total. The summed E-state index contributed by atoms with van der Waals surface area (Å²) in [5.41, 5.74) is 0.399. The van der Waals surface area contributed by atoms with Gasteiger partial charge in [0, 0.05) is 11.6 Å². The van der Waals surface area contributed by atoms with Gasteiger partial charge in [0.2, 0.25) is 0 Å². The molecule has 2 saturated carbocycles. The molecule has 0 heterocycles. The summed E-state index contributed by atoms with van der Waals surface area (Å²) >= 11 is 0. The van der Waals surface area contributed by atoms with Gasteiger partial charge < -0.3 is 10.4 Å². The van der Waals surface area contributed by atoms with E-state index in [1.807, 2.05) is 0 Å². The van der Waals surface area contributed by atoms with Gasteiger partial charge >= 0.3 is 0 Å². The second kappa shape index (κ2) is 3.58. The van der Waals surface area contributed by atoms with Crippen LogP contribution in [0.25, 0.3) is 0 Å². The number of aliphatic hydroxyl groups excluding tert-OH is 1.